The highest BCUT2D eigenvalue weighted by atomic mass is 32.2. The predicted octanol–water partition coefficient (Wildman–Crippen LogP) is -2.46. The molecule has 15 N–H and O–H groups in total. The number of carbonyl (C=O) groups is 15. The van der Waals surface area contributed by atoms with E-state index < -0.39 is 150 Å². The molecule has 4 aliphatic heterocycles. The Morgan fingerprint density at radius 1 is 0.534 bits per heavy atom. The third-order valence-electron chi connectivity index (χ3n) is 20.1. The average Bonchev–Trinajstić information content (AvgIpc) is 1.63. The second-order valence-corrected chi connectivity index (χ2v) is 31.6. The van der Waals surface area contributed by atoms with Crippen molar-refractivity contribution in [3.63, 3.8) is 0 Å². The Morgan fingerprint density at radius 2 is 1.03 bits per heavy atom. The quantitative estimate of drug-likeness (QED) is 0.0310. The van der Waals surface area contributed by atoms with E-state index in [4.69, 9.17) is 19.9 Å². The van der Waals surface area contributed by atoms with Crippen molar-refractivity contribution >= 4 is 112 Å². The predicted molar refractivity (Wildman–Crippen MR) is 433 cm³/mol. The minimum absolute atomic E-state index is 0.00456. The number of benzene rings is 2. The molecule has 2 aromatic rings. The van der Waals surface area contributed by atoms with Crippen LogP contribution in [0.15, 0.2) is 54.6 Å². The molecule has 118 heavy (non-hydrogen) atoms. The minimum Gasteiger partial charge on any atom is -0.481 e. The van der Waals surface area contributed by atoms with Crippen LogP contribution in [0.1, 0.15) is 114 Å². The summed E-state index contributed by atoms with van der Waals surface area (Å²) >= 11 is 2.59. The summed E-state index contributed by atoms with van der Waals surface area (Å²) in [4.78, 5) is 210. The van der Waals surface area contributed by atoms with Crippen molar-refractivity contribution in [3.8, 4) is 0 Å². The Hall–Kier alpha value is -9.13. The summed E-state index contributed by atoms with van der Waals surface area (Å²) in [5.41, 5.74) is 8.08. The van der Waals surface area contributed by atoms with Gasteiger partial charge in [0.2, 0.25) is 65.0 Å². The van der Waals surface area contributed by atoms with Gasteiger partial charge in [0.05, 0.1) is 58.7 Å². The first-order valence-electron chi connectivity index (χ1n) is 40.3. The number of aliphatic hydroxyl groups is 1. The highest BCUT2D eigenvalue weighted by Gasteiger charge is 2.45. The summed E-state index contributed by atoms with van der Waals surface area (Å²) in [6, 6.07) is 5.26. The number of amides is 11. The third-order valence-corrected chi connectivity index (χ3v) is 22.3. The first kappa shape index (κ1) is 97.7. The molecule has 2 aromatic carbocycles. The molecular weight excluding hydrogens is 1580 g/mol. The molecule has 0 aromatic heterocycles. The maximum absolute atomic E-state index is 15.1. The van der Waals surface area contributed by atoms with E-state index in [1.165, 1.54) is 40.2 Å². The zero-order valence-corrected chi connectivity index (χ0v) is 69.0. The van der Waals surface area contributed by atoms with Gasteiger partial charge in [-0.3, -0.25) is 91.5 Å². The zero-order chi connectivity index (χ0) is 85.9. The maximum Gasteiger partial charge on any atom is 0.317 e. The molecule has 4 aliphatic rings. The smallest absolute Gasteiger partial charge is 0.317 e. The lowest BCUT2D eigenvalue weighted by atomic mass is 10.0. The number of nitrogens with one attached hydrogen (secondary N) is 8. The molecule has 3 fully saturated rings. The van der Waals surface area contributed by atoms with Crippen LogP contribution in [0.4, 0.5) is 0 Å². The van der Waals surface area contributed by atoms with Gasteiger partial charge in [0.15, 0.2) is 0 Å². The van der Waals surface area contributed by atoms with Gasteiger partial charge in [0.1, 0.15) is 48.3 Å². The summed E-state index contributed by atoms with van der Waals surface area (Å²) in [6.07, 6.45) is -0.0583. The Labute approximate surface area is 695 Å². The number of aliphatic carboxylic acids is 4. The number of aliphatic hydroxyl groups excluding tert-OH is 1. The SMILES string of the molecule is CCCC[C@H](NC(=O)CCC(=O)NCCCOCCOCCOCCCNC(=O)CN1CCN(CC(=O)O)CCN(CC(=O)O)CCN(CC(=O)O)CC1)C(=O)N[C@H]1CSCc2cccc(c2)CSC[C@@H](C(N)=O)NC(=O)[C@H](Cc2ccccc2)NC(=O)[C@H](CCC(=O)O)NC(=O)[C@H]([C@@H](C)O)NC(=O)[C@@H]2CCCN2C(=O)[C@@H]2CCCN2C1=O. The van der Waals surface area contributed by atoms with Crippen molar-refractivity contribution in [2.24, 2.45) is 5.73 Å². The molecule has 0 unspecified atom stereocenters. The summed E-state index contributed by atoms with van der Waals surface area (Å²) in [6.45, 7) is 7.00. The van der Waals surface area contributed by atoms with E-state index in [9.17, 15) is 92.7 Å². The van der Waals surface area contributed by atoms with Gasteiger partial charge in [0.25, 0.3) is 0 Å². The highest BCUT2D eigenvalue weighted by molar-refractivity contribution is 7.98. The van der Waals surface area contributed by atoms with E-state index in [1.807, 2.05) is 36.1 Å². The van der Waals surface area contributed by atoms with Gasteiger partial charge in [-0.05, 0) is 75.0 Å². The van der Waals surface area contributed by atoms with Crippen LogP contribution in [0.25, 0.3) is 0 Å². The van der Waals surface area contributed by atoms with E-state index >= 15 is 4.79 Å². The van der Waals surface area contributed by atoms with Crippen LogP contribution in [0.3, 0.4) is 0 Å². The van der Waals surface area contributed by atoms with Crippen molar-refractivity contribution in [1.82, 2.24) is 71.9 Å². The van der Waals surface area contributed by atoms with Crippen LogP contribution in [0.5, 0.6) is 0 Å². The van der Waals surface area contributed by atoms with Crippen molar-refractivity contribution < 1.29 is 112 Å². The molecule has 656 valence electrons. The molecule has 0 aliphatic carbocycles. The fourth-order valence-corrected chi connectivity index (χ4v) is 15.7. The minimum atomic E-state index is -1.77. The maximum atomic E-state index is 15.1. The molecule has 38 nitrogen and oxygen atoms in total. The molecule has 0 saturated carbocycles. The number of nitrogens with two attached hydrogens (primary N) is 1. The topological polar surface area (TPSA) is 527 Å². The largest absolute Gasteiger partial charge is 0.481 e. The number of hydrogen-bond donors (Lipinski definition) is 14. The molecule has 40 heteroatoms. The number of carboxylic acid groups (broad SMARTS) is 4. The summed E-state index contributed by atoms with van der Waals surface area (Å²) in [5, 5.41) is 70.7. The van der Waals surface area contributed by atoms with E-state index in [0.29, 0.717) is 88.4 Å². The molecule has 9 atom stereocenters. The van der Waals surface area contributed by atoms with Crippen LogP contribution in [0, 0.1) is 0 Å². The lowest BCUT2D eigenvalue weighted by Crippen LogP contribution is -2.61. The number of primary amides is 1. The Kier molecular flexibility index (Phi) is 44.2. The molecule has 4 heterocycles. The number of rotatable bonds is 38. The standard InChI is InChI=1S/C78H119N15O23S2/c1-3-4-17-56(82-64(96)22-21-63(95)80-24-11-36-114-38-40-116-41-39-115-37-12-25-81-65(97)44-88-28-30-89(45-67(100)101)32-34-91(47-69(104)105)35-33-90(31-29-88)46-68(102)103)72(107)86-60-51-118-49-55-16-8-15-54(42-55)48-117-50-59(71(79)106)85-74(109)58(43-53-13-6-5-7-14-53)84-73(108)57(20-23-66(98)99)83-76(111)70(52(2)94)87-75(110)61-18-9-26-92(61)78(113)62-19-10-27-93(62)77(60)112/h5-8,13-16,42,52,56-62,70,94H,3-4,9-12,17-41,43-51H2,1-2H3,(H2,79,106)(H,80,95)(H,81,97)(H,82,96)(H,83,111)(H,84,108)(H,85,109)(H,86,107)(H,87,110)(H,98,99)(H,100,101)(H,102,103)(H,104,105)/t52-,56+,57+,58+,59+,60+,61+,62+,70+/m1/s1. The van der Waals surface area contributed by atoms with Crippen molar-refractivity contribution in [1.29, 1.82) is 0 Å². The van der Waals surface area contributed by atoms with Crippen LogP contribution >= 0.6 is 23.5 Å². The van der Waals surface area contributed by atoms with Crippen LogP contribution in [0.2, 0.25) is 0 Å². The van der Waals surface area contributed by atoms with Crippen molar-refractivity contribution in [3.05, 3.63) is 71.3 Å². The number of unbranched alkanes of at least 4 members (excludes halogenated alkanes) is 1. The first-order valence-corrected chi connectivity index (χ1v) is 42.6. The molecule has 0 spiro atoms. The van der Waals surface area contributed by atoms with Gasteiger partial charge in [-0.25, -0.2) is 0 Å². The van der Waals surface area contributed by atoms with Crippen LogP contribution in [-0.2, 0) is 104 Å². The normalized spacial score (nSPS) is 21.9. The fraction of sp³-hybridized carbons (Fsp3) is 0.654. The average molecular weight is 1700 g/mol. The lowest BCUT2D eigenvalue weighted by molar-refractivity contribution is -0.148. The Balaban J connectivity index is 0.989. The van der Waals surface area contributed by atoms with Gasteiger partial charge in [0, 0.05) is 140 Å². The Bertz CT molecular complexity index is 3600. The second kappa shape index (κ2) is 53.4. The molecule has 6 rings (SSSR count). The molecule has 2 bridgehead atoms. The van der Waals surface area contributed by atoms with Gasteiger partial charge < -0.3 is 97.8 Å². The van der Waals surface area contributed by atoms with E-state index in [-0.39, 0.29) is 167 Å². The van der Waals surface area contributed by atoms with Gasteiger partial charge in [-0.15, -0.1) is 0 Å². The number of ether oxygens (including phenoxy) is 3. The third kappa shape index (κ3) is 36.6. The van der Waals surface area contributed by atoms with E-state index in [2.05, 4.69) is 42.5 Å². The van der Waals surface area contributed by atoms with Crippen LogP contribution in [-0.4, -0.2) is 354 Å². The summed E-state index contributed by atoms with van der Waals surface area (Å²) < 4.78 is 16.9. The lowest BCUT2D eigenvalue weighted by Gasteiger charge is -2.34. The first-order chi connectivity index (χ1) is 56.6. The summed E-state index contributed by atoms with van der Waals surface area (Å²) in [5.74, 6) is -11.6. The van der Waals surface area contributed by atoms with Crippen molar-refractivity contribution in [2.75, 3.05) is 156 Å². The van der Waals surface area contributed by atoms with E-state index in [0.717, 1.165) is 11.1 Å². The highest BCUT2D eigenvalue weighted by Crippen LogP contribution is 2.28. The zero-order valence-electron chi connectivity index (χ0n) is 67.3. The number of fused-ring (bicyclic) bond motifs is 4. The molecule has 11 amide bonds. The van der Waals surface area contributed by atoms with Crippen LogP contribution < -0.4 is 48.3 Å². The van der Waals surface area contributed by atoms with Gasteiger partial charge in [-0.1, -0.05) is 74.4 Å². The second-order valence-electron chi connectivity index (χ2n) is 29.5. The fourth-order valence-electron chi connectivity index (χ4n) is 13.7. The number of nitrogens with zero attached hydrogens (tertiary/aromatic N) is 6. The van der Waals surface area contributed by atoms with Crippen molar-refractivity contribution in [2.45, 2.75) is 170 Å². The Morgan fingerprint density at radius 3 is 1.57 bits per heavy atom. The van der Waals surface area contributed by atoms with Gasteiger partial charge >= 0.3 is 23.9 Å². The van der Waals surface area contributed by atoms with Gasteiger partial charge in [-0.2, -0.15) is 23.5 Å². The number of thioether (sulfide) groups is 2. The monoisotopic (exact) mass is 1700 g/mol. The number of carbonyl (C=O) groups excluding carboxylic acids is 11. The number of carboxylic acids is 4. The number of hydrogen-bond acceptors (Lipinski definition) is 25. The summed E-state index contributed by atoms with van der Waals surface area (Å²) in [7, 11) is 0. The molecular formula is C78H119N15O23S2. The molecule has 3 saturated heterocycles. The van der Waals surface area contributed by atoms with E-state index in [1.54, 1.807) is 45.0 Å². The molecule has 0 radical (unpaired) electrons.